The molecule has 0 radical (unpaired) electrons. The Hall–Kier alpha value is -2.28. The number of carbonyl (C=O) groups excluding carboxylic acids is 2. The first-order valence-electron chi connectivity index (χ1n) is 9.30. The fraction of sp³-hybridized carbons (Fsp3) is 0.450. The number of unbranched alkanes of at least 4 members (excludes halogenated alkanes) is 1. The number of amides is 2. The van der Waals surface area contributed by atoms with Crippen LogP contribution in [0.4, 0.5) is 5.69 Å². The minimum absolute atomic E-state index is 0.117. The molecule has 0 aliphatic rings. The molecule has 2 N–H and O–H groups in total. The van der Waals surface area contributed by atoms with Gasteiger partial charge in [0.05, 0.1) is 11.4 Å². The first-order valence-corrected chi connectivity index (χ1v) is 10.3. The van der Waals surface area contributed by atoms with Crippen LogP contribution < -0.4 is 10.6 Å². The van der Waals surface area contributed by atoms with E-state index < -0.39 is 0 Å². The number of carbonyl (C=O) groups is 2. The van der Waals surface area contributed by atoms with Crippen molar-refractivity contribution in [2.24, 2.45) is 0 Å². The van der Waals surface area contributed by atoms with Gasteiger partial charge < -0.3 is 15.2 Å². The molecule has 0 atom stereocenters. The van der Waals surface area contributed by atoms with Gasteiger partial charge in [0.25, 0.3) is 5.91 Å². The van der Waals surface area contributed by atoms with Gasteiger partial charge in [-0.2, -0.15) is 0 Å². The molecule has 2 rings (SSSR count). The van der Waals surface area contributed by atoms with Crippen LogP contribution in [0.1, 0.15) is 48.4 Å². The molecule has 0 fully saturated rings. The number of nitrogens with zero attached hydrogens (tertiary/aromatic N) is 2. The molecule has 1 aromatic carbocycles. The van der Waals surface area contributed by atoms with Crippen molar-refractivity contribution in [3.63, 3.8) is 0 Å². The predicted octanol–water partition coefficient (Wildman–Crippen LogP) is 3.78. The van der Waals surface area contributed by atoms with Gasteiger partial charge in [-0.25, -0.2) is 4.98 Å². The Bertz CT molecular complexity index is 801. The lowest BCUT2D eigenvalue weighted by molar-refractivity contribution is -0.113. The topological polar surface area (TPSA) is 76.0 Å². The lowest BCUT2D eigenvalue weighted by Crippen LogP contribution is -2.23. The van der Waals surface area contributed by atoms with Crippen LogP contribution in [0.3, 0.4) is 0 Å². The van der Waals surface area contributed by atoms with Crippen LogP contribution in [-0.2, 0) is 11.3 Å². The Morgan fingerprint density at radius 2 is 2.00 bits per heavy atom. The van der Waals surface area contributed by atoms with E-state index >= 15 is 0 Å². The SMILES string of the molecule is CCCCn1c(SCC(=O)Nc2cccc(C(=O)NCC)c2)nc(C)c1C. The van der Waals surface area contributed by atoms with Crippen molar-refractivity contribution in [1.29, 1.82) is 0 Å². The maximum Gasteiger partial charge on any atom is 0.251 e. The Kier molecular flexibility index (Phi) is 7.91. The maximum atomic E-state index is 12.3. The Morgan fingerprint density at radius 1 is 1.22 bits per heavy atom. The van der Waals surface area contributed by atoms with Gasteiger partial charge in [-0.05, 0) is 45.4 Å². The van der Waals surface area contributed by atoms with E-state index in [9.17, 15) is 9.59 Å². The third-order valence-electron chi connectivity index (χ3n) is 4.24. The Balaban J connectivity index is 1.98. The lowest BCUT2D eigenvalue weighted by atomic mass is 10.2. The molecule has 0 saturated carbocycles. The summed E-state index contributed by atoms with van der Waals surface area (Å²) in [7, 11) is 0. The summed E-state index contributed by atoms with van der Waals surface area (Å²) < 4.78 is 2.19. The average molecular weight is 389 g/mol. The van der Waals surface area contributed by atoms with Crippen molar-refractivity contribution >= 4 is 29.3 Å². The molecular formula is C20H28N4O2S. The number of imidazole rings is 1. The molecule has 0 aliphatic carbocycles. The second-order valence-corrected chi connectivity index (χ2v) is 7.29. The largest absolute Gasteiger partial charge is 0.352 e. The number of aryl methyl sites for hydroxylation is 1. The predicted molar refractivity (Wildman–Crippen MR) is 110 cm³/mol. The third kappa shape index (κ3) is 5.85. The van der Waals surface area contributed by atoms with E-state index in [4.69, 9.17) is 0 Å². The van der Waals surface area contributed by atoms with E-state index in [0.29, 0.717) is 17.8 Å². The number of hydrogen-bond acceptors (Lipinski definition) is 4. The van der Waals surface area contributed by atoms with E-state index in [1.807, 2.05) is 13.8 Å². The normalized spacial score (nSPS) is 10.7. The lowest BCUT2D eigenvalue weighted by Gasteiger charge is -2.10. The number of rotatable bonds is 9. The third-order valence-corrected chi connectivity index (χ3v) is 5.21. The molecule has 146 valence electrons. The second kappa shape index (κ2) is 10.2. The highest BCUT2D eigenvalue weighted by molar-refractivity contribution is 7.99. The number of benzene rings is 1. The molecule has 0 aliphatic heterocycles. The molecule has 2 aromatic rings. The molecule has 0 spiro atoms. The van der Waals surface area contributed by atoms with Crippen LogP contribution in [-0.4, -0.2) is 33.7 Å². The molecular weight excluding hydrogens is 360 g/mol. The minimum Gasteiger partial charge on any atom is -0.352 e. The van der Waals surface area contributed by atoms with Crippen LogP contribution in [0.15, 0.2) is 29.4 Å². The van der Waals surface area contributed by atoms with Gasteiger partial charge in [0.15, 0.2) is 5.16 Å². The average Bonchev–Trinajstić information content (AvgIpc) is 2.92. The smallest absolute Gasteiger partial charge is 0.251 e. The summed E-state index contributed by atoms with van der Waals surface area (Å²) in [5.74, 6) is 0.00760. The maximum absolute atomic E-state index is 12.3. The molecule has 2 amide bonds. The van der Waals surface area contributed by atoms with Gasteiger partial charge in [-0.15, -0.1) is 0 Å². The molecule has 1 heterocycles. The van der Waals surface area contributed by atoms with Crippen molar-refractivity contribution in [3.8, 4) is 0 Å². The second-order valence-electron chi connectivity index (χ2n) is 6.35. The molecule has 0 unspecified atom stereocenters. The number of aromatic nitrogens is 2. The summed E-state index contributed by atoms with van der Waals surface area (Å²) in [6, 6.07) is 6.95. The van der Waals surface area contributed by atoms with Crippen molar-refractivity contribution in [2.75, 3.05) is 17.6 Å². The van der Waals surface area contributed by atoms with E-state index in [0.717, 1.165) is 35.9 Å². The quantitative estimate of drug-likeness (QED) is 0.641. The monoisotopic (exact) mass is 388 g/mol. The number of nitrogens with one attached hydrogen (secondary N) is 2. The summed E-state index contributed by atoms with van der Waals surface area (Å²) in [4.78, 5) is 28.8. The van der Waals surface area contributed by atoms with Crippen LogP contribution in [0.2, 0.25) is 0 Å². The molecule has 0 saturated heterocycles. The highest BCUT2D eigenvalue weighted by Gasteiger charge is 2.13. The van der Waals surface area contributed by atoms with Crippen LogP contribution in [0, 0.1) is 13.8 Å². The highest BCUT2D eigenvalue weighted by Crippen LogP contribution is 2.22. The van der Waals surface area contributed by atoms with Gasteiger partial charge in [0, 0.05) is 30.0 Å². The van der Waals surface area contributed by atoms with E-state index in [2.05, 4.69) is 34.0 Å². The molecule has 27 heavy (non-hydrogen) atoms. The first kappa shape index (κ1) is 21.0. The fourth-order valence-corrected chi connectivity index (χ4v) is 3.56. The van der Waals surface area contributed by atoms with Crippen molar-refractivity contribution < 1.29 is 9.59 Å². The van der Waals surface area contributed by atoms with E-state index in [1.165, 1.54) is 11.8 Å². The standard InChI is InChI=1S/C20H28N4O2S/c1-5-7-11-24-15(4)14(3)22-20(24)27-13-18(25)23-17-10-8-9-16(12-17)19(26)21-6-2/h8-10,12H,5-7,11,13H2,1-4H3,(H,21,26)(H,23,25). The Morgan fingerprint density at radius 3 is 2.70 bits per heavy atom. The number of hydrogen-bond donors (Lipinski definition) is 2. The van der Waals surface area contributed by atoms with Crippen LogP contribution >= 0.6 is 11.8 Å². The van der Waals surface area contributed by atoms with Crippen molar-refractivity contribution in [2.45, 2.75) is 52.2 Å². The zero-order valence-corrected chi connectivity index (χ0v) is 17.3. The molecule has 0 bridgehead atoms. The van der Waals surface area contributed by atoms with Gasteiger partial charge >= 0.3 is 0 Å². The summed E-state index contributed by atoms with van der Waals surface area (Å²) in [6.45, 7) is 9.57. The zero-order valence-electron chi connectivity index (χ0n) is 16.5. The van der Waals surface area contributed by atoms with Crippen molar-refractivity contribution in [3.05, 3.63) is 41.2 Å². The zero-order chi connectivity index (χ0) is 19.8. The fourth-order valence-electron chi connectivity index (χ4n) is 2.64. The molecule has 1 aromatic heterocycles. The van der Waals surface area contributed by atoms with Crippen molar-refractivity contribution in [1.82, 2.24) is 14.9 Å². The molecule has 7 heteroatoms. The van der Waals surface area contributed by atoms with Gasteiger partial charge in [0.1, 0.15) is 0 Å². The molecule has 6 nitrogen and oxygen atoms in total. The minimum atomic E-state index is -0.146. The number of anilines is 1. The number of thioether (sulfide) groups is 1. The summed E-state index contributed by atoms with van der Waals surface area (Å²) in [5, 5.41) is 6.49. The van der Waals surface area contributed by atoms with E-state index in [-0.39, 0.29) is 17.6 Å². The van der Waals surface area contributed by atoms with Gasteiger partial charge in [-0.1, -0.05) is 31.2 Å². The Labute approximate surface area is 165 Å². The van der Waals surface area contributed by atoms with Crippen LogP contribution in [0.25, 0.3) is 0 Å². The summed E-state index contributed by atoms with van der Waals surface area (Å²) in [5.41, 5.74) is 3.30. The van der Waals surface area contributed by atoms with Crippen LogP contribution in [0.5, 0.6) is 0 Å². The van der Waals surface area contributed by atoms with E-state index in [1.54, 1.807) is 24.3 Å². The summed E-state index contributed by atoms with van der Waals surface area (Å²) >= 11 is 1.44. The first-order chi connectivity index (χ1) is 13.0. The highest BCUT2D eigenvalue weighted by atomic mass is 32.2. The summed E-state index contributed by atoms with van der Waals surface area (Å²) in [6.07, 6.45) is 2.20. The van der Waals surface area contributed by atoms with Gasteiger partial charge in [-0.3, -0.25) is 9.59 Å². The van der Waals surface area contributed by atoms with Gasteiger partial charge in [0.2, 0.25) is 5.91 Å².